The molecule has 100 heavy (non-hydrogen) atoms. The van der Waals surface area contributed by atoms with E-state index in [0.29, 0.717) is 77.5 Å². The van der Waals surface area contributed by atoms with Gasteiger partial charge in [-0.05, 0) is 177 Å². The van der Waals surface area contributed by atoms with Gasteiger partial charge in [0.05, 0.1) is 11.4 Å². The molecule has 0 atom stereocenters. The first-order valence-corrected chi connectivity index (χ1v) is 33.6. The summed E-state index contributed by atoms with van der Waals surface area (Å²) in [6, 6.07) is 88.3. The third-order valence-electron chi connectivity index (χ3n) is 19.7. The van der Waals surface area contributed by atoms with Gasteiger partial charge >= 0.3 is 0 Å². The molecule has 0 N–H and O–H groups in total. The highest BCUT2D eigenvalue weighted by atomic mass is 32.2. The number of hydrogen-bond donors (Lipinski definition) is 0. The molecule has 0 radical (unpaired) electrons. The Morgan fingerprint density at radius 3 is 1.18 bits per heavy atom. The molecule has 0 aliphatic carbocycles. The van der Waals surface area contributed by atoms with Crippen LogP contribution in [0.15, 0.2) is 307 Å². The number of nitrogens with zero attached hydrogens (tertiary/aromatic N) is 5. The summed E-state index contributed by atoms with van der Waals surface area (Å²) in [5, 5.41) is 0. The minimum absolute atomic E-state index is 0.169. The number of para-hydroxylation sites is 7. The molecule has 0 saturated heterocycles. The van der Waals surface area contributed by atoms with Gasteiger partial charge < -0.3 is 24.5 Å². The molecule has 14 aromatic rings. The van der Waals surface area contributed by atoms with Crippen LogP contribution in [-0.2, 0) is 0 Å². The van der Waals surface area contributed by atoms with Gasteiger partial charge in [-0.2, -0.15) is 0 Å². The van der Waals surface area contributed by atoms with E-state index in [-0.39, 0.29) is 27.6 Å². The maximum Gasteiger partial charge on any atom is 0.252 e. The summed E-state index contributed by atoms with van der Waals surface area (Å²) < 4.78 is 123. The van der Waals surface area contributed by atoms with Crippen molar-refractivity contribution in [3.05, 3.63) is 344 Å². The average molecular weight is 1330 g/mol. The van der Waals surface area contributed by atoms with Gasteiger partial charge in [0.25, 0.3) is 6.71 Å². The zero-order valence-corrected chi connectivity index (χ0v) is 54.1. The topological polar surface area (TPSA) is 16.2 Å². The van der Waals surface area contributed by atoms with Crippen LogP contribution in [-0.4, -0.2) is 13.4 Å². The maximum atomic E-state index is 20.4. The molecule has 0 spiro atoms. The first kappa shape index (κ1) is 60.5. The normalized spacial score (nSPS) is 12.9. The third-order valence-corrected chi connectivity index (χ3v) is 20.8. The highest BCUT2D eigenvalue weighted by molar-refractivity contribution is 8.00. The second-order valence-electron chi connectivity index (χ2n) is 25.2. The van der Waals surface area contributed by atoms with Crippen molar-refractivity contribution in [1.29, 1.82) is 0 Å². The Balaban J connectivity index is 0.923. The Bertz CT molecular complexity index is 5490. The van der Waals surface area contributed by atoms with E-state index in [1.807, 2.05) is 121 Å². The van der Waals surface area contributed by atoms with Gasteiger partial charge in [-0.3, -0.25) is 0 Å². The van der Waals surface area contributed by atoms with Crippen LogP contribution < -0.4 is 57.3 Å². The van der Waals surface area contributed by atoms with Gasteiger partial charge in [0.2, 0.25) is 6.71 Å². The molecule has 18 rings (SSSR count). The highest BCUT2D eigenvalue weighted by Gasteiger charge is 2.50. The lowest BCUT2D eigenvalue weighted by atomic mass is 9.31. The lowest BCUT2D eigenvalue weighted by Gasteiger charge is -2.46. The van der Waals surface area contributed by atoms with E-state index < -0.39 is 65.5 Å². The highest BCUT2D eigenvalue weighted by Crippen LogP contribution is 2.54. The van der Waals surface area contributed by atoms with Gasteiger partial charge in [-0.1, -0.05) is 199 Å². The van der Waals surface area contributed by atoms with Crippen LogP contribution in [0.5, 0.6) is 0 Å². The lowest BCUT2D eigenvalue weighted by Crippen LogP contribution is -2.65. The fraction of sp³-hybridized carbons (Fsp3) is 0.0118. The molecule has 0 unspecified atom stereocenters. The predicted molar refractivity (Wildman–Crippen MR) is 395 cm³/mol. The molecular weight excluding hydrogens is 1280 g/mol. The van der Waals surface area contributed by atoms with Crippen molar-refractivity contribution in [3.8, 4) is 22.3 Å². The molecule has 4 aliphatic heterocycles. The summed E-state index contributed by atoms with van der Waals surface area (Å²) in [5.74, 6) is -5.69. The molecule has 15 heteroatoms. The smallest absolute Gasteiger partial charge is 0.252 e. The zero-order valence-electron chi connectivity index (χ0n) is 53.2. The van der Waals surface area contributed by atoms with E-state index in [2.05, 4.69) is 83.8 Å². The van der Waals surface area contributed by atoms with E-state index in [0.717, 1.165) is 39.2 Å². The minimum Gasteiger partial charge on any atom is -0.310 e. The van der Waals surface area contributed by atoms with Crippen LogP contribution in [0.1, 0.15) is 5.56 Å². The first-order chi connectivity index (χ1) is 49.0. The van der Waals surface area contributed by atoms with E-state index >= 15 is 30.7 Å². The number of halogens is 7. The Morgan fingerprint density at radius 2 is 0.680 bits per heavy atom. The minimum atomic E-state index is -0.880. The van der Waals surface area contributed by atoms with Crippen molar-refractivity contribution in [2.24, 2.45) is 0 Å². The van der Waals surface area contributed by atoms with Crippen LogP contribution in [0.2, 0.25) is 0 Å². The van der Waals surface area contributed by atoms with Crippen LogP contribution >= 0.6 is 11.8 Å². The Morgan fingerprint density at radius 1 is 0.290 bits per heavy atom. The monoisotopic (exact) mass is 1330 g/mol. The molecule has 0 bridgehead atoms. The summed E-state index contributed by atoms with van der Waals surface area (Å²) in [4.78, 5) is 9.48. The average Bonchev–Trinajstić information content (AvgIpc) is 0.683. The number of benzene rings is 14. The molecule has 0 fully saturated rings. The SMILES string of the molecule is Cc1ccccc1N1c2cc(N(c3ccccc3)c3c(F)cccc3F)cc3c2B(c2ccccc2N3c2c(F)cccc2F)c2cc3c(c(F)c21)Sc1cc(N(c2ccc(-c4ccccc4)cc2)c2ccc(-c4ccccc4)cc2)cc2c1B3c1ccccc1N2c1c(F)cccc1F. The maximum absolute atomic E-state index is 20.4. The van der Waals surface area contributed by atoms with Gasteiger partial charge in [-0.15, -0.1) is 0 Å². The molecule has 0 amide bonds. The van der Waals surface area contributed by atoms with Crippen molar-refractivity contribution in [3.63, 3.8) is 0 Å². The molecule has 14 aromatic carbocycles. The molecule has 4 heterocycles. The van der Waals surface area contributed by atoms with Crippen LogP contribution in [0.3, 0.4) is 0 Å². The second-order valence-corrected chi connectivity index (χ2v) is 26.3. The summed E-state index contributed by atoms with van der Waals surface area (Å²) >= 11 is 1.23. The summed E-state index contributed by atoms with van der Waals surface area (Å²) in [6.45, 7) is 0.273. The molecular formula is C85H52B2F7N5S. The number of anilines is 15. The number of rotatable bonds is 11. The van der Waals surface area contributed by atoms with Gasteiger partial charge in [0, 0.05) is 66.7 Å². The van der Waals surface area contributed by atoms with Crippen molar-refractivity contribution in [2.75, 3.05) is 24.5 Å². The van der Waals surface area contributed by atoms with Gasteiger partial charge in [0.1, 0.15) is 52.0 Å². The van der Waals surface area contributed by atoms with E-state index in [1.54, 1.807) is 59.5 Å². The van der Waals surface area contributed by atoms with Crippen LogP contribution in [0.25, 0.3) is 22.3 Å². The van der Waals surface area contributed by atoms with Crippen LogP contribution in [0.4, 0.5) is 116 Å². The fourth-order valence-corrected chi connectivity index (χ4v) is 16.6. The standard InChI is InChI=1S/C85H52B2F7N5S/c1-51-20-11-14-35-71(51)97-74-46-59(96(56-25-9-4-10-26-56)82-65(88)29-17-30-66(82)89)47-75-78(74)86(61-27-12-15-36-72(61)98(75)83-67(90)31-18-32-68(83)91)63-50-64-85(80(94)81(63)97)100-77-49-60(48-76-79(77)87(64)62-28-13-16-37-73(62)99(76)84-69(92)33-19-34-70(84)93)95(57-42-38-54(39-43-57)52-21-5-2-6-22-52)58-44-40-55(41-45-58)53-23-7-3-8-24-53/h2-50H,1H3. The van der Waals surface area contributed by atoms with Crippen molar-refractivity contribution in [2.45, 2.75) is 16.7 Å². The Kier molecular flexibility index (Phi) is 14.5. The molecule has 0 saturated carbocycles. The number of fused-ring (bicyclic) bond motifs is 8. The molecule has 5 nitrogen and oxygen atoms in total. The predicted octanol–water partition coefficient (Wildman–Crippen LogP) is 20.1. The van der Waals surface area contributed by atoms with Crippen molar-refractivity contribution in [1.82, 2.24) is 0 Å². The van der Waals surface area contributed by atoms with E-state index in [4.69, 9.17) is 0 Å². The first-order valence-electron chi connectivity index (χ1n) is 32.8. The van der Waals surface area contributed by atoms with E-state index in [1.165, 1.54) is 76.2 Å². The van der Waals surface area contributed by atoms with E-state index in [9.17, 15) is 0 Å². The third kappa shape index (κ3) is 9.57. The molecule has 4 aliphatic rings. The molecule has 478 valence electrons. The molecule has 0 aromatic heterocycles. The Hall–Kier alpha value is -11.9. The summed E-state index contributed by atoms with van der Waals surface area (Å²) in [6.07, 6.45) is 0. The van der Waals surface area contributed by atoms with Gasteiger partial charge in [-0.25, -0.2) is 30.7 Å². The van der Waals surface area contributed by atoms with Gasteiger partial charge in [0.15, 0.2) is 5.82 Å². The Labute approximate surface area is 577 Å². The number of hydrogen-bond acceptors (Lipinski definition) is 6. The second kappa shape index (κ2) is 24.0. The zero-order chi connectivity index (χ0) is 67.6. The van der Waals surface area contributed by atoms with Crippen molar-refractivity contribution < 1.29 is 30.7 Å². The quantitative estimate of drug-likeness (QED) is 0.0941. The summed E-state index contributed by atoms with van der Waals surface area (Å²) in [5.41, 5.74) is 12.6. The summed E-state index contributed by atoms with van der Waals surface area (Å²) in [7, 11) is 0. The van der Waals surface area contributed by atoms with Crippen LogP contribution in [0, 0.1) is 47.6 Å². The lowest BCUT2D eigenvalue weighted by molar-refractivity contribution is 0.585. The van der Waals surface area contributed by atoms with Crippen molar-refractivity contribution >= 4 is 143 Å². The fourth-order valence-electron chi connectivity index (χ4n) is 15.4. The largest absolute Gasteiger partial charge is 0.310 e. The number of aryl methyl sites for hydroxylation is 1.